The molecule has 2 aromatic heterocycles. The number of H-pyrrole nitrogens is 1. The number of esters is 1. The van der Waals surface area contributed by atoms with Crippen LogP contribution in [0.2, 0.25) is 0 Å². The van der Waals surface area contributed by atoms with Crippen LogP contribution in [0.3, 0.4) is 0 Å². The molecule has 1 aromatic carbocycles. The van der Waals surface area contributed by atoms with Crippen LogP contribution in [0, 0.1) is 5.82 Å². The maximum absolute atomic E-state index is 13.6. The van der Waals surface area contributed by atoms with Crippen molar-refractivity contribution < 1.29 is 18.7 Å². The van der Waals surface area contributed by atoms with E-state index in [1.807, 2.05) is 24.3 Å². The summed E-state index contributed by atoms with van der Waals surface area (Å²) in [5.74, 6) is -0.275. The number of rotatable bonds is 2. The molecule has 1 aliphatic heterocycles. The van der Waals surface area contributed by atoms with Crippen LogP contribution in [0.15, 0.2) is 42.7 Å². The van der Waals surface area contributed by atoms with E-state index < -0.39 is 11.8 Å². The largest absolute Gasteiger partial charge is 0.488 e. The molecular formula is C18H13FN2O3. The summed E-state index contributed by atoms with van der Waals surface area (Å²) in [6.07, 6.45) is 2.63. The zero-order chi connectivity index (χ0) is 16.7. The number of fused-ring (bicyclic) bond motifs is 3. The lowest BCUT2D eigenvalue weighted by Gasteiger charge is -2.18. The molecule has 1 aliphatic rings. The summed E-state index contributed by atoms with van der Waals surface area (Å²) in [5, 5.41) is 0. The van der Waals surface area contributed by atoms with Gasteiger partial charge in [0, 0.05) is 28.5 Å². The van der Waals surface area contributed by atoms with Crippen molar-refractivity contribution in [2.24, 2.45) is 0 Å². The van der Waals surface area contributed by atoms with Crippen molar-refractivity contribution in [3.63, 3.8) is 0 Å². The average molecular weight is 324 g/mol. The zero-order valence-corrected chi connectivity index (χ0v) is 12.8. The molecule has 6 heteroatoms. The Morgan fingerprint density at radius 3 is 2.96 bits per heavy atom. The minimum atomic E-state index is -0.527. The number of methoxy groups -OCH3 is 1. The first-order chi connectivity index (χ1) is 11.7. The highest BCUT2D eigenvalue weighted by Crippen LogP contribution is 2.42. The molecule has 0 spiro atoms. The lowest BCUT2D eigenvalue weighted by atomic mass is 9.97. The van der Waals surface area contributed by atoms with E-state index in [4.69, 9.17) is 9.47 Å². The van der Waals surface area contributed by atoms with Crippen molar-refractivity contribution in [1.82, 2.24) is 9.97 Å². The van der Waals surface area contributed by atoms with Gasteiger partial charge in [-0.2, -0.15) is 0 Å². The average Bonchev–Trinajstić information content (AvgIpc) is 3.01. The molecule has 0 saturated carbocycles. The summed E-state index contributed by atoms with van der Waals surface area (Å²) in [4.78, 5) is 19.2. The molecular weight excluding hydrogens is 311 g/mol. The Bertz CT molecular complexity index is 949. The first-order valence-corrected chi connectivity index (χ1v) is 7.35. The van der Waals surface area contributed by atoms with Crippen LogP contribution in [-0.4, -0.2) is 23.0 Å². The van der Waals surface area contributed by atoms with Crippen molar-refractivity contribution >= 4 is 5.97 Å². The SMILES string of the molecule is COC(=O)c1[nH]c2c(c1-c1cncc(F)c1)COc1ccccc1-2. The number of para-hydroxylation sites is 1. The Labute approximate surface area is 137 Å². The summed E-state index contributed by atoms with van der Waals surface area (Å²) in [5.41, 5.74) is 3.71. The van der Waals surface area contributed by atoms with Gasteiger partial charge < -0.3 is 14.5 Å². The van der Waals surface area contributed by atoms with Crippen LogP contribution in [0.25, 0.3) is 22.4 Å². The van der Waals surface area contributed by atoms with Crippen molar-refractivity contribution in [1.29, 1.82) is 0 Å². The number of carbonyl (C=O) groups excluding carboxylic acids is 1. The number of nitrogens with one attached hydrogen (secondary N) is 1. The molecule has 3 aromatic rings. The Morgan fingerprint density at radius 1 is 1.33 bits per heavy atom. The molecule has 1 N–H and O–H groups in total. The molecule has 5 nitrogen and oxygen atoms in total. The topological polar surface area (TPSA) is 64.2 Å². The van der Waals surface area contributed by atoms with Crippen LogP contribution in [-0.2, 0) is 11.3 Å². The molecule has 4 rings (SSSR count). The fourth-order valence-electron chi connectivity index (χ4n) is 2.98. The summed E-state index contributed by atoms with van der Waals surface area (Å²) >= 11 is 0. The fraction of sp³-hybridized carbons (Fsp3) is 0.111. The Hall–Kier alpha value is -3.15. The maximum Gasteiger partial charge on any atom is 0.355 e. The minimum absolute atomic E-state index is 0.259. The number of halogens is 1. The van der Waals surface area contributed by atoms with Gasteiger partial charge in [-0.15, -0.1) is 0 Å². The third kappa shape index (κ3) is 2.15. The van der Waals surface area contributed by atoms with Gasteiger partial charge in [0.2, 0.25) is 0 Å². The second kappa shape index (κ2) is 5.49. The first-order valence-electron chi connectivity index (χ1n) is 7.35. The molecule has 0 amide bonds. The van der Waals surface area contributed by atoms with Crippen LogP contribution >= 0.6 is 0 Å². The van der Waals surface area contributed by atoms with Crippen LogP contribution in [0.1, 0.15) is 16.1 Å². The van der Waals surface area contributed by atoms with Gasteiger partial charge in [-0.25, -0.2) is 9.18 Å². The smallest absolute Gasteiger partial charge is 0.355 e. The lowest BCUT2D eigenvalue weighted by molar-refractivity contribution is 0.0596. The van der Waals surface area contributed by atoms with E-state index in [9.17, 15) is 9.18 Å². The van der Waals surface area contributed by atoms with E-state index in [-0.39, 0.29) is 12.3 Å². The van der Waals surface area contributed by atoms with Gasteiger partial charge in [0.05, 0.1) is 19.0 Å². The summed E-state index contributed by atoms with van der Waals surface area (Å²) in [6.45, 7) is 0.270. The summed E-state index contributed by atoms with van der Waals surface area (Å²) in [7, 11) is 1.31. The van der Waals surface area contributed by atoms with Gasteiger partial charge >= 0.3 is 5.97 Å². The van der Waals surface area contributed by atoms with Gasteiger partial charge in [0.25, 0.3) is 0 Å². The third-order valence-electron chi connectivity index (χ3n) is 4.02. The molecule has 0 fully saturated rings. The Balaban J connectivity index is 2.00. The number of aromatic nitrogens is 2. The van der Waals surface area contributed by atoms with Gasteiger partial charge in [0.1, 0.15) is 23.9 Å². The Morgan fingerprint density at radius 2 is 2.17 bits per heavy atom. The number of benzene rings is 1. The molecule has 3 heterocycles. The van der Waals surface area contributed by atoms with Crippen LogP contribution in [0.5, 0.6) is 5.75 Å². The lowest BCUT2D eigenvalue weighted by Crippen LogP contribution is -2.05. The normalized spacial score (nSPS) is 12.1. The molecule has 120 valence electrons. The second-order valence-electron chi connectivity index (χ2n) is 5.40. The van der Waals surface area contributed by atoms with Gasteiger partial charge in [0.15, 0.2) is 0 Å². The quantitative estimate of drug-likeness (QED) is 0.732. The first kappa shape index (κ1) is 14.4. The van der Waals surface area contributed by atoms with E-state index in [0.29, 0.717) is 11.1 Å². The number of aromatic amines is 1. The second-order valence-corrected chi connectivity index (χ2v) is 5.40. The van der Waals surface area contributed by atoms with E-state index in [0.717, 1.165) is 28.8 Å². The Kier molecular flexibility index (Phi) is 3.30. The number of hydrogen-bond acceptors (Lipinski definition) is 4. The number of ether oxygens (including phenoxy) is 2. The van der Waals surface area contributed by atoms with E-state index >= 15 is 0 Å². The van der Waals surface area contributed by atoms with E-state index in [1.165, 1.54) is 19.4 Å². The number of nitrogens with zero attached hydrogens (tertiary/aromatic N) is 1. The molecule has 0 aliphatic carbocycles. The fourth-order valence-corrected chi connectivity index (χ4v) is 2.98. The number of pyridine rings is 1. The molecule has 0 unspecified atom stereocenters. The predicted octanol–water partition coefficient (Wildman–Crippen LogP) is 3.56. The third-order valence-corrected chi connectivity index (χ3v) is 4.02. The summed E-state index contributed by atoms with van der Waals surface area (Å²) in [6, 6.07) is 8.87. The van der Waals surface area contributed by atoms with Gasteiger partial charge in [-0.3, -0.25) is 4.98 Å². The van der Waals surface area contributed by atoms with Crippen molar-refractivity contribution in [2.75, 3.05) is 7.11 Å². The standard InChI is InChI=1S/C18H13FN2O3/c1-23-18(22)17-15(10-6-11(19)8-20-7-10)13-9-24-14-5-3-2-4-12(14)16(13)21-17/h2-8,21H,9H2,1H3. The van der Waals surface area contributed by atoms with Crippen molar-refractivity contribution in [3.8, 4) is 28.1 Å². The van der Waals surface area contributed by atoms with E-state index in [2.05, 4.69) is 9.97 Å². The summed E-state index contributed by atoms with van der Waals surface area (Å²) < 4.78 is 24.3. The van der Waals surface area contributed by atoms with Crippen LogP contribution < -0.4 is 4.74 Å². The predicted molar refractivity (Wildman–Crippen MR) is 85.1 cm³/mol. The van der Waals surface area contributed by atoms with Gasteiger partial charge in [-0.05, 0) is 18.2 Å². The highest BCUT2D eigenvalue weighted by Gasteiger charge is 2.29. The molecule has 0 bridgehead atoms. The monoisotopic (exact) mass is 324 g/mol. The minimum Gasteiger partial charge on any atom is -0.488 e. The number of hydrogen-bond donors (Lipinski definition) is 1. The van der Waals surface area contributed by atoms with Gasteiger partial charge in [-0.1, -0.05) is 12.1 Å². The zero-order valence-electron chi connectivity index (χ0n) is 12.8. The van der Waals surface area contributed by atoms with Crippen molar-refractivity contribution in [3.05, 3.63) is 59.8 Å². The highest BCUT2D eigenvalue weighted by molar-refractivity contribution is 5.99. The number of carbonyl (C=O) groups is 1. The highest BCUT2D eigenvalue weighted by atomic mass is 19.1. The molecule has 0 radical (unpaired) electrons. The molecule has 24 heavy (non-hydrogen) atoms. The van der Waals surface area contributed by atoms with Crippen LogP contribution in [0.4, 0.5) is 4.39 Å². The molecule has 0 atom stereocenters. The maximum atomic E-state index is 13.6. The van der Waals surface area contributed by atoms with E-state index in [1.54, 1.807) is 0 Å². The van der Waals surface area contributed by atoms with Crippen molar-refractivity contribution in [2.45, 2.75) is 6.61 Å². The molecule has 0 saturated heterocycles.